The van der Waals surface area contributed by atoms with Crippen LogP contribution in [0.3, 0.4) is 0 Å². The highest BCUT2D eigenvalue weighted by molar-refractivity contribution is 7.80. The molecular formula is C11H15N3OS. The quantitative estimate of drug-likeness (QED) is 0.475. The first-order valence-electron chi connectivity index (χ1n) is 4.84. The van der Waals surface area contributed by atoms with Gasteiger partial charge in [-0.1, -0.05) is 0 Å². The van der Waals surface area contributed by atoms with Crippen LogP contribution in [0.2, 0.25) is 0 Å². The van der Waals surface area contributed by atoms with E-state index in [2.05, 4.69) is 15.8 Å². The van der Waals surface area contributed by atoms with E-state index in [9.17, 15) is 0 Å². The smallest absolute Gasteiger partial charge is 0.186 e. The first-order chi connectivity index (χ1) is 7.67. The monoisotopic (exact) mass is 237 g/mol. The molecule has 5 heteroatoms. The highest BCUT2D eigenvalue weighted by atomic mass is 32.1. The van der Waals surface area contributed by atoms with E-state index in [4.69, 9.17) is 17.0 Å². The number of nitrogens with one attached hydrogen (secondary N) is 2. The number of nitrogens with zero attached hydrogens (tertiary/aromatic N) is 1. The lowest BCUT2D eigenvalue weighted by atomic mass is 10.1. The van der Waals surface area contributed by atoms with Crippen molar-refractivity contribution in [2.75, 3.05) is 14.2 Å². The van der Waals surface area contributed by atoms with Crippen molar-refractivity contribution in [3.8, 4) is 5.75 Å². The average Bonchev–Trinajstić information content (AvgIpc) is 2.35. The SMILES string of the molecule is CNC(=S)N/N=C(\C)c1ccc(OC)cc1. The predicted octanol–water partition coefficient (Wildman–Crippen LogP) is 1.51. The minimum Gasteiger partial charge on any atom is -0.497 e. The summed E-state index contributed by atoms with van der Waals surface area (Å²) in [6, 6.07) is 7.68. The zero-order chi connectivity index (χ0) is 12.0. The van der Waals surface area contributed by atoms with Gasteiger partial charge in [0.05, 0.1) is 12.8 Å². The normalized spacial score (nSPS) is 10.8. The molecule has 0 unspecified atom stereocenters. The fourth-order valence-corrected chi connectivity index (χ4v) is 1.13. The van der Waals surface area contributed by atoms with E-state index in [1.807, 2.05) is 31.2 Å². The summed E-state index contributed by atoms with van der Waals surface area (Å²) >= 11 is 4.91. The Bertz CT molecular complexity index is 387. The Morgan fingerprint density at radius 1 is 1.31 bits per heavy atom. The lowest BCUT2D eigenvalue weighted by molar-refractivity contribution is 0.415. The van der Waals surface area contributed by atoms with Crippen molar-refractivity contribution in [3.63, 3.8) is 0 Å². The van der Waals surface area contributed by atoms with Crippen LogP contribution in [0, 0.1) is 0 Å². The highest BCUT2D eigenvalue weighted by Gasteiger charge is 1.98. The number of benzene rings is 1. The van der Waals surface area contributed by atoms with Crippen LogP contribution in [-0.2, 0) is 0 Å². The summed E-state index contributed by atoms with van der Waals surface area (Å²) < 4.78 is 5.08. The minimum absolute atomic E-state index is 0.493. The molecule has 0 bridgehead atoms. The molecular weight excluding hydrogens is 222 g/mol. The highest BCUT2D eigenvalue weighted by Crippen LogP contribution is 2.11. The number of ether oxygens (including phenoxy) is 1. The maximum absolute atomic E-state index is 5.08. The van der Waals surface area contributed by atoms with E-state index in [1.54, 1.807) is 14.2 Å². The standard InChI is InChI=1S/C11H15N3OS/c1-8(13-14-11(16)12-2)9-4-6-10(15-3)7-5-9/h4-7H,1-3H3,(H2,12,14,16)/b13-8+. The molecule has 1 aromatic carbocycles. The molecule has 0 radical (unpaired) electrons. The van der Waals surface area contributed by atoms with Crippen molar-refractivity contribution in [1.29, 1.82) is 0 Å². The van der Waals surface area contributed by atoms with Crippen molar-refractivity contribution < 1.29 is 4.74 Å². The molecule has 0 fully saturated rings. The van der Waals surface area contributed by atoms with Gasteiger partial charge >= 0.3 is 0 Å². The Morgan fingerprint density at radius 2 is 1.94 bits per heavy atom. The van der Waals surface area contributed by atoms with Gasteiger partial charge in [0.25, 0.3) is 0 Å². The number of methoxy groups -OCH3 is 1. The Morgan fingerprint density at radius 3 is 2.44 bits per heavy atom. The summed E-state index contributed by atoms with van der Waals surface area (Å²) in [4.78, 5) is 0. The van der Waals surface area contributed by atoms with E-state index in [0.717, 1.165) is 17.0 Å². The molecule has 0 spiro atoms. The van der Waals surface area contributed by atoms with Crippen LogP contribution in [0.1, 0.15) is 12.5 Å². The summed E-state index contributed by atoms with van der Waals surface area (Å²) in [5.41, 5.74) is 4.62. The van der Waals surface area contributed by atoms with Gasteiger partial charge in [-0.15, -0.1) is 0 Å². The van der Waals surface area contributed by atoms with Crippen LogP contribution in [0.5, 0.6) is 5.75 Å². The molecule has 1 aromatic rings. The molecule has 0 aliphatic rings. The van der Waals surface area contributed by atoms with Crippen LogP contribution in [0.25, 0.3) is 0 Å². The Balaban J connectivity index is 2.71. The second-order valence-corrected chi connectivity index (χ2v) is 3.52. The van der Waals surface area contributed by atoms with Gasteiger partial charge in [-0.3, -0.25) is 5.43 Å². The van der Waals surface area contributed by atoms with Gasteiger partial charge in [0.1, 0.15) is 5.75 Å². The molecule has 1 rings (SSSR count). The molecule has 0 atom stereocenters. The van der Waals surface area contributed by atoms with E-state index < -0.39 is 0 Å². The minimum atomic E-state index is 0.493. The van der Waals surface area contributed by atoms with Crippen LogP contribution < -0.4 is 15.5 Å². The van der Waals surface area contributed by atoms with Crippen molar-refractivity contribution in [3.05, 3.63) is 29.8 Å². The van der Waals surface area contributed by atoms with Crippen molar-refractivity contribution in [2.24, 2.45) is 5.10 Å². The Kier molecular flexibility index (Phi) is 4.72. The molecule has 0 amide bonds. The van der Waals surface area contributed by atoms with Crippen LogP contribution in [-0.4, -0.2) is 25.0 Å². The third-order valence-corrected chi connectivity index (χ3v) is 2.36. The summed E-state index contributed by atoms with van der Waals surface area (Å²) in [5.74, 6) is 0.829. The molecule has 4 nitrogen and oxygen atoms in total. The predicted molar refractivity (Wildman–Crippen MR) is 70.0 cm³/mol. The topological polar surface area (TPSA) is 45.7 Å². The van der Waals surface area contributed by atoms with Gasteiger partial charge < -0.3 is 10.1 Å². The average molecular weight is 237 g/mol. The maximum atomic E-state index is 5.08. The van der Waals surface area contributed by atoms with E-state index in [0.29, 0.717) is 5.11 Å². The second-order valence-electron chi connectivity index (χ2n) is 3.12. The number of hydrogen-bond acceptors (Lipinski definition) is 3. The Hall–Kier alpha value is -1.62. The zero-order valence-electron chi connectivity index (χ0n) is 9.57. The second kappa shape index (κ2) is 6.07. The fraction of sp³-hybridized carbons (Fsp3) is 0.273. The molecule has 86 valence electrons. The number of hydrazone groups is 1. The van der Waals surface area contributed by atoms with Crippen molar-refractivity contribution in [2.45, 2.75) is 6.92 Å². The molecule has 0 saturated carbocycles. The van der Waals surface area contributed by atoms with Gasteiger partial charge in [0.2, 0.25) is 0 Å². The number of hydrogen-bond donors (Lipinski definition) is 2. The molecule has 0 aromatic heterocycles. The lowest BCUT2D eigenvalue weighted by Crippen LogP contribution is -2.29. The van der Waals surface area contributed by atoms with Crippen molar-refractivity contribution >= 4 is 23.0 Å². The lowest BCUT2D eigenvalue weighted by Gasteiger charge is -2.05. The van der Waals surface area contributed by atoms with Gasteiger partial charge in [0, 0.05) is 7.05 Å². The third-order valence-electron chi connectivity index (χ3n) is 2.06. The fourth-order valence-electron chi connectivity index (χ4n) is 1.09. The number of rotatable bonds is 3. The number of thiocarbonyl (C=S) groups is 1. The van der Waals surface area contributed by atoms with Gasteiger partial charge in [-0.2, -0.15) is 5.10 Å². The van der Waals surface area contributed by atoms with Crippen LogP contribution in [0.15, 0.2) is 29.4 Å². The molecule has 16 heavy (non-hydrogen) atoms. The molecule has 2 N–H and O–H groups in total. The summed E-state index contributed by atoms with van der Waals surface area (Å²) in [5, 5.41) is 7.42. The van der Waals surface area contributed by atoms with Crippen LogP contribution >= 0.6 is 12.2 Å². The van der Waals surface area contributed by atoms with E-state index >= 15 is 0 Å². The van der Waals surface area contributed by atoms with E-state index in [1.165, 1.54) is 0 Å². The summed E-state index contributed by atoms with van der Waals surface area (Å²) in [7, 11) is 3.39. The van der Waals surface area contributed by atoms with Crippen LogP contribution in [0.4, 0.5) is 0 Å². The molecule has 0 aliphatic heterocycles. The first kappa shape index (κ1) is 12.4. The van der Waals surface area contributed by atoms with Gasteiger partial charge in [-0.25, -0.2) is 0 Å². The van der Waals surface area contributed by atoms with E-state index in [-0.39, 0.29) is 0 Å². The maximum Gasteiger partial charge on any atom is 0.186 e. The Labute approximate surface area is 101 Å². The third kappa shape index (κ3) is 3.51. The van der Waals surface area contributed by atoms with Crippen molar-refractivity contribution in [1.82, 2.24) is 10.7 Å². The molecule has 0 aliphatic carbocycles. The zero-order valence-corrected chi connectivity index (χ0v) is 10.4. The summed E-state index contributed by atoms with van der Waals surface area (Å²) in [6.45, 7) is 1.91. The van der Waals surface area contributed by atoms with Gasteiger partial charge in [0.15, 0.2) is 5.11 Å². The summed E-state index contributed by atoms with van der Waals surface area (Å²) in [6.07, 6.45) is 0. The van der Waals surface area contributed by atoms with Gasteiger partial charge in [-0.05, 0) is 49.0 Å². The largest absolute Gasteiger partial charge is 0.497 e. The molecule has 0 heterocycles. The first-order valence-corrected chi connectivity index (χ1v) is 5.24. The molecule has 0 saturated heterocycles.